The van der Waals surface area contributed by atoms with E-state index in [0.717, 1.165) is 4.47 Å². The number of rotatable bonds is 3. The highest BCUT2D eigenvalue weighted by atomic mass is 79.9. The van der Waals surface area contributed by atoms with Gasteiger partial charge in [0.15, 0.2) is 0 Å². The Kier molecular flexibility index (Phi) is 3.87. The molecule has 0 amide bonds. The van der Waals surface area contributed by atoms with Crippen molar-refractivity contribution in [3.8, 4) is 0 Å². The highest BCUT2D eigenvalue weighted by Gasteiger charge is 2.21. The van der Waals surface area contributed by atoms with E-state index in [4.69, 9.17) is 5.73 Å². The van der Waals surface area contributed by atoms with Crippen LogP contribution in [0.25, 0.3) is 10.9 Å². The smallest absolute Gasteiger partial charge is 0.0483 e. The lowest BCUT2D eigenvalue weighted by Crippen LogP contribution is -2.17. The van der Waals surface area contributed by atoms with Crippen LogP contribution in [-0.2, 0) is 7.05 Å². The second-order valence-electron chi connectivity index (χ2n) is 5.43. The van der Waals surface area contributed by atoms with E-state index >= 15 is 0 Å². The van der Waals surface area contributed by atoms with Crippen LogP contribution in [0.15, 0.2) is 53.0 Å². The van der Waals surface area contributed by atoms with Gasteiger partial charge in [0.25, 0.3) is 0 Å². The molecule has 21 heavy (non-hydrogen) atoms. The molecule has 3 heteroatoms. The molecule has 0 aliphatic carbocycles. The average molecular weight is 343 g/mol. The van der Waals surface area contributed by atoms with Gasteiger partial charge in [-0.2, -0.15) is 0 Å². The summed E-state index contributed by atoms with van der Waals surface area (Å²) < 4.78 is 3.39. The number of halogens is 1. The van der Waals surface area contributed by atoms with Crippen LogP contribution >= 0.6 is 15.9 Å². The fraction of sp³-hybridized carbons (Fsp3) is 0.222. The van der Waals surface area contributed by atoms with E-state index in [9.17, 15) is 0 Å². The summed E-state index contributed by atoms with van der Waals surface area (Å²) in [4.78, 5) is 0. The standard InChI is InChI=1S/C18H19BrN2/c1-12-15-10-14(19)8-9-17(15)21(2)18(12)16(11-20)13-6-4-3-5-7-13/h3-10,16H,11,20H2,1-2H3. The van der Waals surface area contributed by atoms with Crippen LogP contribution in [0.5, 0.6) is 0 Å². The molecule has 0 aliphatic rings. The third kappa shape index (κ3) is 2.41. The molecule has 0 spiro atoms. The molecule has 0 radical (unpaired) electrons. The van der Waals surface area contributed by atoms with Gasteiger partial charge >= 0.3 is 0 Å². The van der Waals surface area contributed by atoms with Gasteiger partial charge in [-0.05, 0) is 36.2 Å². The first kappa shape index (κ1) is 14.4. The number of fused-ring (bicyclic) bond motifs is 1. The Morgan fingerprint density at radius 2 is 1.86 bits per heavy atom. The Morgan fingerprint density at radius 3 is 2.52 bits per heavy atom. The maximum Gasteiger partial charge on any atom is 0.0483 e. The highest BCUT2D eigenvalue weighted by Crippen LogP contribution is 2.34. The van der Waals surface area contributed by atoms with E-state index in [2.05, 4.69) is 76.9 Å². The molecule has 0 fully saturated rings. The van der Waals surface area contributed by atoms with Crippen molar-refractivity contribution in [1.82, 2.24) is 4.57 Å². The second kappa shape index (κ2) is 5.66. The summed E-state index contributed by atoms with van der Waals surface area (Å²) in [6.45, 7) is 2.80. The lowest BCUT2D eigenvalue weighted by Gasteiger charge is -2.18. The zero-order chi connectivity index (χ0) is 15.0. The lowest BCUT2D eigenvalue weighted by molar-refractivity contribution is 0.730. The van der Waals surface area contributed by atoms with Gasteiger partial charge in [-0.1, -0.05) is 46.3 Å². The fourth-order valence-corrected chi connectivity index (χ4v) is 3.57. The number of aromatic nitrogens is 1. The molecule has 0 saturated heterocycles. The van der Waals surface area contributed by atoms with Crippen molar-refractivity contribution in [1.29, 1.82) is 0 Å². The van der Waals surface area contributed by atoms with Crippen LogP contribution in [0.2, 0.25) is 0 Å². The maximum absolute atomic E-state index is 6.10. The topological polar surface area (TPSA) is 30.9 Å². The fourth-order valence-electron chi connectivity index (χ4n) is 3.21. The molecular weight excluding hydrogens is 324 g/mol. The van der Waals surface area contributed by atoms with Crippen LogP contribution in [0.3, 0.4) is 0 Å². The Bertz CT molecular complexity index is 775. The summed E-state index contributed by atoms with van der Waals surface area (Å²) in [6, 6.07) is 16.9. The molecule has 2 nitrogen and oxygen atoms in total. The van der Waals surface area contributed by atoms with Gasteiger partial charge in [-0.15, -0.1) is 0 Å². The Hall–Kier alpha value is -1.58. The van der Waals surface area contributed by atoms with E-state index in [1.54, 1.807) is 0 Å². The molecule has 1 unspecified atom stereocenters. The molecule has 3 rings (SSSR count). The summed E-state index contributed by atoms with van der Waals surface area (Å²) in [6.07, 6.45) is 0. The molecule has 1 aromatic heterocycles. The Labute approximate surface area is 133 Å². The quantitative estimate of drug-likeness (QED) is 0.754. The zero-order valence-electron chi connectivity index (χ0n) is 12.3. The monoisotopic (exact) mass is 342 g/mol. The molecule has 1 heterocycles. The molecule has 1 atom stereocenters. The summed E-state index contributed by atoms with van der Waals surface area (Å²) >= 11 is 3.57. The van der Waals surface area contributed by atoms with Crippen molar-refractivity contribution in [2.45, 2.75) is 12.8 Å². The molecule has 0 saturated carbocycles. The van der Waals surface area contributed by atoms with E-state index in [0.29, 0.717) is 6.54 Å². The van der Waals surface area contributed by atoms with Crippen molar-refractivity contribution in [2.75, 3.05) is 6.54 Å². The number of aryl methyl sites for hydroxylation is 2. The van der Waals surface area contributed by atoms with Crippen LogP contribution in [0.1, 0.15) is 22.7 Å². The lowest BCUT2D eigenvalue weighted by atomic mass is 9.93. The van der Waals surface area contributed by atoms with Crippen molar-refractivity contribution in [2.24, 2.45) is 12.8 Å². The SMILES string of the molecule is Cc1c(C(CN)c2ccccc2)n(C)c2ccc(Br)cc12. The van der Waals surface area contributed by atoms with Crippen LogP contribution in [-0.4, -0.2) is 11.1 Å². The third-order valence-electron chi connectivity index (χ3n) is 4.24. The van der Waals surface area contributed by atoms with Crippen molar-refractivity contribution in [3.05, 3.63) is 69.8 Å². The van der Waals surface area contributed by atoms with Crippen molar-refractivity contribution in [3.63, 3.8) is 0 Å². The van der Waals surface area contributed by atoms with Gasteiger partial charge in [-0.3, -0.25) is 0 Å². The van der Waals surface area contributed by atoms with Gasteiger partial charge in [0.1, 0.15) is 0 Å². The largest absolute Gasteiger partial charge is 0.347 e. The number of nitrogens with two attached hydrogens (primary N) is 1. The summed E-state index contributed by atoms with van der Waals surface area (Å²) in [5, 5.41) is 1.29. The third-order valence-corrected chi connectivity index (χ3v) is 4.73. The number of hydrogen-bond acceptors (Lipinski definition) is 1. The zero-order valence-corrected chi connectivity index (χ0v) is 13.9. The molecule has 108 valence electrons. The van der Waals surface area contributed by atoms with Gasteiger partial charge in [-0.25, -0.2) is 0 Å². The summed E-state index contributed by atoms with van der Waals surface area (Å²) in [7, 11) is 2.13. The first-order valence-electron chi connectivity index (χ1n) is 7.13. The minimum Gasteiger partial charge on any atom is -0.347 e. The Balaban J connectivity index is 2.24. The van der Waals surface area contributed by atoms with Gasteiger partial charge in [0.05, 0.1) is 0 Å². The number of nitrogens with zero attached hydrogens (tertiary/aromatic N) is 1. The van der Waals surface area contributed by atoms with Crippen molar-refractivity contribution < 1.29 is 0 Å². The highest BCUT2D eigenvalue weighted by molar-refractivity contribution is 9.10. The van der Waals surface area contributed by atoms with E-state index in [-0.39, 0.29) is 5.92 Å². The molecule has 3 aromatic rings. The van der Waals surface area contributed by atoms with Crippen molar-refractivity contribution >= 4 is 26.8 Å². The molecular formula is C18H19BrN2. The van der Waals surface area contributed by atoms with Gasteiger partial charge in [0, 0.05) is 40.6 Å². The second-order valence-corrected chi connectivity index (χ2v) is 6.35. The molecule has 0 aliphatic heterocycles. The minimum absolute atomic E-state index is 0.224. The molecule has 2 N–H and O–H groups in total. The first-order chi connectivity index (χ1) is 10.1. The summed E-state index contributed by atoms with van der Waals surface area (Å²) in [5.41, 5.74) is 11.2. The molecule has 0 bridgehead atoms. The number of benzene rings is 2. The van der Waals surface area contributed by atoms with Gasteiger partial charge < -0.3 is 10.3 Å². The van der Waals surface area contributed by atoms with Crippen LogP contribution in [0, 0.1) is 6.92 Å². The predicted molar refractivity (Wildman–Crippen MR) is 92.7 cm³/mol. The summed E-state index contributed by atoms with van der Waals surface area (Å²) in [5.74, 6) is 0.224. The average Bonchev–Trinajstić information content (AvgIpc) is 2.74. The predicted octanol–water partition coefficient (Wildman–Crippen LogP) is 4.34. The van der Waals surface area contributed by atoms with E-state index in [1.165, 1.54) is 27.7 Å². The van der Waals surface area contributed by atoms with Crippen LogP contribution in [0.4, 0.5) is 0 Å². The number of hydrogen-bond donors (Lipinski definition) is 1. The normalized spacial score (nSPS) is 12.8. The van der Waals surface area contributed by atoms with E-state index < -0.39 is 0 Å². The Morgan fingerprint density at radius 1 is 1.14 bits per heavy atom. The maximum atomic E-state index is 6.10. The molecule has 2 aromatic carbocycles. The first-order valence-corrected chi connectivity index (χ1v) is 7.92. The minimum atomic E-state index is 0.224. The van der Waals surface area contributed by atoms with Gasteiger partial charge in [0.2, 0.25) is 0 Å². The van der Waals surface area contributed by atoms with E-state index in [1.807, 2.05) is 6.07 Å². The van der Waals surface area contributed by atoms with Crippen LogP contribution < -0.4 is 5.73 Å².